The Morgan fingerprint density at radius 1 is 0.857 bits per heavy atom. The van der Waals surface area contributed by atoms with Gasteiger partial charge in [0.05, 0.1) is 5.56 Å². The second-order valence-electron chi connectivity index (χ2n) is 4.60. The lowest BCUT2D eigenvalue weighted by atomic mass is 10.0. The molecule has 3 rings (SSSR count). The number of hydrogen-bond donors (Lipinski definition) is 2. The molecule has 0 atom stereocenters. The van der Waals surface area contributed by atoms with E-state index < -0.39 is 5.97 Å². The van der Waals surface area contributed by atoms with Crippen LogP contribution in [-0.2, 0) is 0 Å². The molecule has 0 aromatic heterocycles. The van der Waals surface area contributed by atoms with Crippen molar-refractivity contribution < 1.29 is 9.90 Å². The van der Waals surface area contributed by atoms with Crippen LogP contribution < -0.4 is 5.73 Å². The van der Waals surface area contributed by atoms with Gasteiger partial charge < -0.3 is 10.8 Å². The Balaban J connectivity index is 2.14. The molecule has 0 saturated carbocycles. The molecular formula is C17H13NO2S. The average molecular weight is 295 g/mol. The Hall–Kier alpha value is -2.46. The summed E-state index contributed by atoms with van der Waals surface area (Å²) in [7, 11) is 0. The number of carboxylic acid groups (broad SMARTS) is 1. The van der Waals surface area contributed by atoms with Gasteiger partial charge in [0, 0.05) is 15.5 Å². The summed E-state index contributed by atoms with van der Waals surface area (Å²) in [6.07, 6.45) is 0. The molecule has 0 aliphatic carbocycles. The predicted molar refractivity (Wildman–Crippen MR) is 85.9 cm³/mol. The molecule has 0 aliphatic heterocycles. The Morgan fingerprint density at radius 2 is 1.52 bits per heavy atom. The van der Waals surface area contributed by atoms with Gasteiger partial charge in [0.25, 0.3) is 0 Å². The van der Waals surface area contributed by atoms with Crippen molar-refractivity contribution in [2.45, 2.75) is 9.79 Å². The first-order valence-corrected chi connectivity index (χ1v) is 7.26. The summed E-state index contributed by atoms with van der Waals surface area (Å²) in [4.78, 5) is 13.3. The zero-order chi connectivity index (χ0) is 14.8. The lowest BCUT2D eigenvalue weighted by molar-refractivity contribution is 0.0699. The monoisotopic (exact) mass is 295 g/mol. The van der Waals surface area contributed by atoms with Crippen LogP contribution in [-0.4, -0.2) is 11.1 Å². The van der Waals surface area contributed by atoms with Crippen LogP contribution in [0.25, 0.3) is 10.8 Å². The first-order valence-electron chi connectivity index (χ1n) is 6.44. The van der Waals surface area contributed by atoms with Crippen LogP contribution in [0.2, 0.25) is 0 Å². The third-order valence-electron chi connectivity index (χ3n) is 3.25. The summed E-state index contributed by atoms with van der Waals surface area (Å²) in [5, 5.41) is 10.9. The summed E-state index contributed by atoms with van der Waals surface area (Å²) < 4.78 is 0. The van der Waals surface area contributed by atoms with Crippen molar-refractivity contribution in [2.75, 3.05) is 5.73 Å². The topological polar surface area (TPSA) is 63.3 Å². The van der Waals surface area contributed by atoms with Crippen LogP contribution in [0.3, 0.4) is 0 Å². The van der Waals surface area contributed by atoms with Crippen LogP contribution in [0.15, 0.2) is 70.5 Å². The highest BCUT2D eigenvalue weighted by atomic mass is 32.2. The Labute approximate surface area is 126 Å². The van der Waals surface area contributed by atoms with Gasteiger partial charge in [-0.2, -0.15) is 0 Å². The van der Waals surface area contributed by atoms with E-state index in [2.05, 4.69) is 0 Å². The minimum absolute atomic E-state index is 0.316. The number of anilines is 1. The fraction of sp³-hybridized carbons (Fsp3) is 0. The van der Waals surface area contributed by atoms with E-state index in [9.17, 15) is 9.90 Å². The fourth-order valence-electron chi connectivity index (χ4n) is 2.24. The molecule has 3 N–H and O–H groups in total. The minimum atomic E-state index is -0.915. The number of carboxylic acids is 1. The summed E-state index contributed by atoms with van der Waals surface area (Å²) in [6.45, 7) is 0. The Kier molecular flexibility index (Phi) is 3.54. The van der Waals surface area contributed by atoms with E-state index in [-0.39, 0.29) is 0 Å². The van der Waals surface area contributed by atoms with E-state index in [0.29, 0.717) is 11.3 Å². The lowest BCUT2D eigenvalue weighted by Crippen LogP contribution is -1.97. The number of fused-ring (bicyclic) bond motifs is 1. The van der Waals surface area contributed by atoms with Crippen molar-refractivity contribution in [3.8, 4) is 0 Å². The highest BCUT2D eigenvalue weighted by Crippen LogP contribution is 2.37. The van der Waals surface area contributed by atoms with Crippen LogP contribution in [0, 0.1) is 0 Å². The zero-order valence-electron chi connectivity index (χ0n) is 11.1. The smallest absolute Gasteiger partial charge is 0.336 e. The van der Waals surface area contributed by atoms with E-state index in [1.807, 2.05) is 54.6 Å². The highest BCUT2D eigenvalue weighted by molar-refractivity contribution is 7.99. The third-order valence-corrected chi connectivity index (χ3v) is 4.42. The number of nitrogen functional groups attached to an aromatic ring is 1. The molecule has 0 saturated heterocycles. The number of benzene rings is 3. The standard InChI is InChI=1S/C17H13NO2S/c18-14-7-3-4-8-16(14)21-15-10-9-13(17(19)20)11-5-1-2-6-12(11)15/h1-10H,18H2,(H,19,20). The van der Waals surface area contributed by atoms with Crippen LogP contribution in [0.1, 0.15) is 10.4 Å². The highest BCUT2D eigenvalue weighted by Gasteiger charge is 2.12. The molecule has 0 aliphatic rings. The summed E-state index contributed by atoms with van der Waals surface area (Å²) in [6, 6.07) is 18.6. The Morgan fingerprint density at radius 3 is 2.24 bits per heavy atom. The zero-order valence-corrected chi connectivity index (χ0v) is 11.9. The van der Waals surface area contributed by atoms with Gasteiger partial charge in [-0.05, 0) is 35.0 Å². The lowest BCUT2D eigenvalue weighted by Gasteiger charge is -2.10. The van der Waals surface area contributed by atoms with E-state index in [1.54, 1.807) is 17.8 Å². The molecule has 3 aromatic rings. The maximum Gasteiger partial charge on any atom is 0.336 e. The molecule has 0 radical (unpaired) electrons. The second kappa shape index (κ2) is 5.50. The van der Waals surface area contributed by atoms with Gasteiger partial charge in [-0.15, -0.1) is 0 Å². The van der Waals surface area contributed by atoms with Gasteiger partial charge in [-0.25, -0.2) is 4.79 Å². The number of carbonyl (C=O) groups is 1. The predicted octanol–water partition coefficient (Wildman–Crippen LogP) is 4.27. The molecule has 21 heavy (non-hydrogen) atoms. The van der Waals surface area contributed by atoms with Gasteiger partial charge in [0.2, 0.25) is 0 Å². The molecule has 0 fully saturated rings. The number of aromatic carboxylic acids is 1. The number of rotatable bonds is 3. The fourth-order valence-corrected chi connectivity index (χ4v) is 3.23. The van der Waals surface area contributed by atoms with Crippen LogP contribution in [0.5, 0.6) is 0 Å². The largest absolute Gasteiger partial charge is 0.478 e. The van der Waals surface area contributed by atoms with Gasteiger partial charge in [-0.3, -0.25) is 0 Å². The molecule has 0 spiro atoms. The van der Waals surface area contributed by atoms with Crippen molar-refractivity contribution >= 4 is 34.2 Å². The van der Waals surface area contributed by atoms with Gasteiger partial charge in [0.1, 0.15) is 0 Å². The summed E-state index contributed by atoms with van der Waals surface area (Å²) in [5.41, 5.74) is 7.01. The number of hydrogen-bond acceptors (Lipinski definition) is 3. The molecular weight excluding hydrogens is 282 g/mol. The summed E-state index contributed by atoms with van der Waals surface area (Å²) >= 11 is 1.55. The average Bonchev–Trinajstić information content (AvgIpc) is 2.49. The second-order valence-corrected chi connectivity index (χ2v) is 5.69. The molecule has 3 nitrogen and oxygen atoms in total. The molecule has 0 heterocycles. The van der Waals surface area contributed by atoms with E-state index in [4.69, 9.17) is 5.73 Å². The van der Waals surface area contributed by atoms with Crippen molar-refractivity contribution in [3.05, 3.63) is 66.2 Å². The third kappa shape index (κ3) is 2.58. The SMILES string of the molecule is Nc1ccccc1Sc1ccc(C(=O)O)c2ccccc12. The molecule has 104 valence electrons. The first kappa shape index (κ1) is 13.5. The number of nitrogens with two attached hydrogens (primary N) is 1. The van der Waals surface area contributed by atoms with Crippen molar-refractivity contribution in [1.82, 2.24) is 0 Å². The van der Waals surface area contributed by atoms with Crippen molar-refractivity contribution in [3.63, 3.8) is 0 Å². The molecule has 0 bridgehead atoms. The maximum atomic E-state index is 11.3. The maximum absolute atomic E-state index is 11.3. The Bertz CT molecular complexity index is 830. The van der Waals surface area contributed by atoms with E-state index in [1.165, 1.54) is 0 Å². The molecule has 4 heteroatoms. The minimum Gasteiger partial charge on any atom is -0.478 e. The summed E-state index contributed by atoms with van der Waals surface area (Å²) in [5.74, 6) is -0.915. The van der Waals surface area contributed by atoms with Gasteiger partial charge in [-0.1, -0.05) is 48.2 Å². The van der Waals surface area contributed by atoms with Crippen LogP contribution >= 0.6 is 11.8 Å². The number of para-hydroxylation sites is 1. The van der Waals surface area contributed by atoms with Gasteiger partial charge >= 0.3 is 5.97 Å². The van der Waals surface area contributed by atoms with Crippen molar-refractivity contribution in [1.29, 1.82) is 0 Å². The first-order chi connectivity index (χ1) is 10.2. The van der Waals surface area contributed by atoms with E-state index >= 15 is 0 Å². The molecule has 0 amide bonds. The molecule has 3 aromatic carbocycles. The normalized spacial score (nSPS) is 10.7. The quantitative estimate of drug-likeness (QED) is 0.708. The van der Waals surface area contributed by atoms with Crippen molar-refractivity contribution in [2.24, 2.45) is 0 Å². The van der Waals surface area contributed by atoms with Gasteiger partial charge in [0.15, 0.2) is 0 Å². The van der Waals surface area contributed by atoms with Crippen LogP contribution in [0.4, 0.5) is 5.69 Å². The van der Waals surface area contributed by atoms with E-state index in [0.717, 1.165) is 20.6 Å². The molecule has 0 unspecified atom stereocenters.